The fourth-order valence-electron chi connectivity index (χ4n) is 5.73. The number of rotatable bonds is 7. The summed E-state index contributed by atoms with van der Waals surface area (Å²) in [6.07, 6.45) is 0.878. The van der Waals surface area contributed by atoms with Crippen molar-refractivity contribution in [3.8, 4) is 0 Å². The number of nitrogens with zero attached hydrogens (tertiary/aromatic N) is 3. The van der Waals surface area contributed by atoms with Gasteiger partial charge in [-0.05, 0) is 98.6 Å². The van der Waals surface area contributed by atoms with Gasteiger partial charge in [0.15, 0.2) is 0 Å². The molecule has 0 spiro atoms. The van der Waals surface area contributed by atoms with Gasteiger partial charge < -0.3 is 16.0 Å². The Morgan fingerprint density at radius 1 is 0.578 bits per heavy atom. The van der Waals surface area contributed by atoms with Crippen LogP contribution in [0.3, 0.4) is 0 Å². The predicted octanol–water partition coefficient (Wildman–Crippen LogP) is 10.3. The van der Waals surface area contributed by atoms with Crippen LogP contribution in [0.5, 0.6) is 0 Å². The van der Waals surface area contributed by atoms with Crippen molar-refractivity contribution in [1.29, 1.82) is 0 Å². The number of halogens is 4. The maximum atomic E-state index is 6.52. The minimum atomic E-state index is 0.349. The molecule has 0 aliphatic rings. The fourth-order valence-corrected chi connectivity index (χ4v) is 6.76. The highest BCUT2D eigenvalue weighted by Crippen LogP contribution is 2.33. The third-order valence-electron chi connectivity index (χ3n) is 7.56. The van der Waals surface area contributed by atoms with Crippen molar-refractivity contribution >= 4 is 91.3 Å². The van der Waals surface area contributed by atoms with Crippen molar-refractivity contribution in [3.63, 3.8) is 0 Å². The van der Waals surface area contributed by atoms with Gasteiger partial charge in [-0.1, -0.05) is 75.7 Å². The van der Waals surface area contributed by atoms with Crippen LogP contribution in [0.15, 0.2) is 101 Å². The Balaban J connectivity index is 1.47. The first-order valence-corrected chi connectivity index (χ1v) is 15.8. The highest BCUT2D eigenvalue weighted by molar-refractivity contribution is 6.35. The van der Waals surface area contributed by atoms with Crippen molar-refractivity contribution in [1.82, 2.24) is 4.57 Å². The Bertz CT molecular complexity index is 1980. The predicted molar refractivity (Wildman–Crippen MR) is 193 cm³/mol. The van der Waals surface area contributed by atoms with Gasteiger partial charge in [0.1, 0.15) is 11.7 Å². The van der Waals surface area contributed by atoms with Gasteiger partial charge in [-0.2, -0.15) is 0 Å². The maximum absolute atomic E-state index is 6.52. The topological polar surface area (TPSA) is 81.7 Å². The molecule has 226 valence electrons. The molecule has 9 heteroatoms. The third kappa shape index (κ3) is 6.98. The van der Waals surface area contributed by atoms with Crippen LogP contribution >= 0.6 is 46.4 Å². The van der Waals surface area contributed by atoms with Crippen LogP contribution in [-0.2, 0) is 13.0 Å². The zero-order chi connectivity index (χ0) is 31.8. The summed E-state index contributed by atoms with van der Waals surface area (Å²) in [6, 6.07) is 29.2. The minimum absolute atomic E-state index is 0.349. The zero-order valence-electron chi connectivity index (χ0n) is 24.6. The number of hydrogen-bond donors (Lipinski definition) is 2. The molecule has 1 aromatic heterocycles. The summed E-state index contributed by atoms with van der Waals surface area (Å²) in [5.41, 5.74) is 21.7. The van der Waals surface area contributed by atoms with Crippen LogP contribution in [0.2, 0.25) is 20.1 Å². The summed E-state index contributed by atoms with van der Waals surface area (Å²) >= 11 is 24.8. The monoisotopic (exact) mass is 671 g/mol. The Morgan fingerprint density at radius 3 is 1.42 bits per heavy atom. The van der Waals surface area contributed by atoms with Crippen LogP contribution in [0.1, 0.15) is 27.8 Å². The van der Waals surface area contributed by atoms with Crippen molar-refractivity contribution < 1.29 is 0 Å². The highest BCUT2D eigenvalue weighted by Gasteiger charge is 2.15. The lowest BCUT2D eigenvalue weighted by Gasteiger charge is -2.10. The molecule has 0 saturated carbocycles. The summed E-state index contributed by atoms with van der Waals surface area (Å²) in [4.78, 5) is 9.20. The van der Waals surface area contributed by atoms with Gasteiger partial charge in [0, 0.05) is 59.6 Å². The van der Waals surface area contributed by atoms with Gasteiger partial charge in [0.05, 0.1) is 11.4 Å². The molecule has 0 saturated heterocycles. The molecule has 5 nitrogen and oxygen atoms in total. The van der Waals surface area contributed by atoms with Gasteiger partial charge in [0.2, 0.25) is 0 Å². The molecule has 0 aliphatic carbocycles. The van der Waals surface area contributed by atoms with E-state index in [1.54, 1.807) is 36.4 Å². The van der Waals surface area contributed by atoms with Crippen molar-refractivity contribution in [2.75, 3.05) is 0 Å². The Morgan fingerprint density at radius 2 is 1.00 bits per heavy atom. The zero-order valence-corrected chi connectivity index (χ0v) is 27.6. The van der Waals surface area contributed by atoms with Crippen LogP contribution in [-0.4, -0.2) is 16.2 Å². The van der Waals surface area contributed by atoms with E-state index in [4.69, 9.17) is 57.9 Å². The van der Waals surface area contributed by atoms with E-state index in [1.165, 1.54) is 16.7 Å². The Labute approximate surface area is 281 Å². The first kappa shape index (κ1) is 31.0. The van der Waals surface area contributed by atoms with E-state index in [2.05, 4.69) is 70.9 Å². The standard InChI is InChI=1S/C36H29Cl4N5/c1-20-9-21(2)11-22(10-20)7-8-45-33-5-3-23(35(41)43-29-16-25(37)14-26(38)17-29)12-31(33)32-13-24(4-6-34(32)45)36(42)44-30-18-27(39)15-28(40)19-30/h3-6,9-19H,7-8H2,1-2H3,(H2,41,43)(H2,42,44). The van der Waals surface area contributed by atoms with Crippen LogP contribution < -0.4 is 11.5 Å². The van der Waals surface area contributed by atoms with Crippen molar-refractivity contribution in [2.45, 2.75) is 26.8 Å². The number of aliphatic imine (C=N–C) groups is 2. The summed E-state index contributed by atoms with van der Waals surface area (Å²) in [5, 5.41) is 3.99. The van der Waals surface area contributed by atoms with Gasteiger partial charge in [-0.3, -0.25) is 0 Å². The van der Waals surface area contributed by atoms with E-state index in [9.17, 15) is 0 Å². The molecule has 0 bridgehead atoms. The van der Waals surface area contributed by atoms with Gasteiger partial charge in [-0.25, -0.2) is 9.98 Å². The highest BCUT2D eigenvalue weighted by atomic mass is 35.5. The number of amidine groups is 2. The second-order valence-electron chi connectivity index (χ2n) is 11.1. The first-order valence-electron chi connectivity index (χ1n) is 14.3. The lowest BCUT2D eigenvalue weighted by molar-refractivity contribution is 0.744. The second-order valence-corrected chi connectivity index (χ2v) is 12.9. The molecule has 0 amide bonds. The van der Waals surface area contributed by atoms with Crippen LogP contribution in [0, 0.1) is 13.8 Å². The molecule has 6 aromatic rings. The fraction of sp³-hybridized carbons (Fsp3) is 0.111. The van der Waals surface area contributed by atoms with Crippen LogP contribution in [0.25, 0.3) is 21.8 Å². The van der Waals surface area contributed by atoms with E-state index in [0.717, 1.165) is 45.9 Å². The molecule has 5 aromatic carbocycles. The molecule has 0 fully saturated rings. The largest absolute Gasteiger partial charge is 0.383 e. The lowest BCUT2D eigenvalue weighted by Crippen LogP contribution is -2.12. The first-order chi connectivity index (χ1) is 21.5. The van der Waals surface area contributed by atoms with Crippen LogP contribution in [0.4, 0.5) is 11.4 Å². The third-order valence-corrected chi connectivity index (χ3v) is 8.43. The summed E-state index contributed by atoms with van der Waals surface area (Å²) < 4.78 is 2.34. The van der Waals surface area contributed by atoms with E-state index >= 15 is 0 Å². The Kier molecular flexibility index (Phi) is 8.80. The maximum Gasteiger partial charge on any atom is 0.131 e. The molecular formula is C36H29Cl4N5. The van der Waals surface area contributed by atoms with Crippen molar-refractivity contribution in [3.05, 3.63) is 139 Å². The molecule has 0 atom stereocenters. The molecule has 0 radical (unpaired) electrons. The second kappa shape index (κ2) is 12.8. The number of fused-ring (bicyclic) bond motifs is 3. The van der Waals surface area contributed by atoms with Gasteiger partial charge in [-0.15, -0.1) is 0 Å². The minimum Gasteiger partial charge on any atom is -0.383 e. The quantitative estimate of drug-likeness (QED) is 0.131. The van der Waals surface area contributed by atoms with Gasteiger partial charge >= 0.3 is 0 Å². The molecule has 0 aliphatic heterocycles. The van der Waals surface area contributed by atoms with E-state index in [1.807, 2.05) is 12.1 Å². The molecule has 45 heavy (non-hydrogen) atoms. The SMILES string of the molecule is Cc1cc(C)cc(CCn2c3ccc(C(N)=Nc4cc(Cl)cc(Cl)c4)cc3c3cc(C(N)=Nc4cc(Cl)cc(Cl)c4)ccc32)c1. The number of nitrogens with two attached hydrogens (primary N) is 2. The average molecular weight is 673 g/mol. The van der Waals surface area contributed by atoms with Crippen molar-refractivity contribution in [2.24, 2.45) is 21.5 Å². The number of benzene rings is 5. The molecular weight excluding hydrogens is 644 g/mol. The summed E-state index contributed by atoms with van der Waals surface area (Å²) in [7, 11) is 0. The lowest BCUT2D eigenvalue weighted by atomic mass is 10.1. The van der Waals surface area contributed by atoms with E-state index < -0.39 is 0 Å². The van der Waals surface area contributed by atoms with E-state index in [0.29, 0.717) is 43.1 Å². The molecule has 1 heterocycles. The van der Waals surface area contributed by atoms with E-state index in [-0.39, 0.29) is 0 Å². The summed E-state index contributed by atoms with van der Waals surface area (Å²) in [5.74, 6) is 0.697. The Hall–Kier alpha value is -4.00. The molecule has 0 unspecified atom stereocenters. The number of aromatic nitrogens is 1. The van der Waals surface area contributed by atoms with Gasteiger partial charge in [0.25, 0.3) is 0 Å². The molecule has 6 rings (SSSR count). The average Bonchev–Trinajstić information content (AvgIpc) is 3.26. The molecule has 4 N–H and O–H groups in total. The summed E-state index contributed by atoms with van der Waals surface area (Å²) in [6.45, 7) is 5.05. The number of hydrogen-bond acceptors (Lipinski definition) is 2. The smallest absolute Gasteiger partial charge is 0.131 e. The number of aryl methyl sites for hydroxylation is 4. The normalized spacial score (nSPS) is 12.4.